The highest BCUT2D eigenvalue weighted by Gasteiger charge is 2.33. The Hall–Kier alpha value is -3.79. The highest BCUT2D eigenvalue weighted by atomic mass is 16.3. The molecule has 2 aliphatic rings. The Balaban J connectivity index is 1.78. The van der Waals surface area contributed by atoms with Gasteiger partial charge in [0.25, 0.3) is 0 Å². The molecule has 0 N–H and O–H groups in total. The molecule has 1 aliphatic heterocycles. The van der Waals surface area contributed by atoms with E-state index in [1.807, 2.05) is 18.2 Å². The minimum Gasteiger partial charge on any atom is -0.437 e. The number of aromatic nitrogens is 2. The molecular weight excluding hydrogens is 478 g/mol. The molecule has 3 aromatic heterocycles. The summed E-state index contributed by atoms with van der Waals surface area (Å²) in [5.74, 6) is 1.53. The van der Waals surface area contributed by atoms with Crippen molar-refractivity contribution in [2.45, 2.75) is 70.3 Å². The Morgan fingerprint density at radius 2 is 1.95 bits per heavy atom. The molecule has 0 radical (unpaired) electrons. The van der Waals surface area contributed by atoms with Crippen molar-refractivity contribution in [3.63, 3.8) is 0 Å². The number of rotatable bonds is 6. The van der Waals surface area contributed by atoms with Gasteiger partial charge in [0.1, 0.15) is 5.76 Å². The monoisotopic (exact) mass is 518 g/mol. The zero-order valence-electron chi connectivity index (χ0n) is 23.3. The van der Waals surface area contributed by atoms with Crippen LogP contribution in [-0.2, 0) is 0 Å². The second-order valence-corrected chi connectivity index (χ2v) is 11.0. The normalized spacial score (nSPS) is 22.7. The van der Waals surface area contributed by atoms with E-state index in [1.165, 1.54) is 37.7 Å². The van der Waals surface area contributed by atoms with Crippen molar-refractivity contribution >= 4 is 29.1 Å². The van der Waals surface area contributed by atoms with Gasteiger partial charge in [0.15, 0.2) is 11.9 Å². The van der Waals surface area contributed by atoms with Gasteiger partial charge in [-0.3, -0.25) is 4.99 Å². The van der Waals surface area contributed by atoms with Gasteiger partial charge in [0, 0.05) is 35.2 Å². The molecule has 39 heavy (non-hydrogen) atoms. The van der Waals surface area contributed by atoms with E-state index in [9.17, 15) is 0 Å². The van der Waals surface area contributed by atoms with E-state index in [-0.39, 0.29) is 12.0 Å². The van der Waals surface area contributed by atoms with Crippen molar-refractivity contribution in [1.29, 1.82) is 0 Å². The Morgan fingerprint density at radius 3 is 2.64 bits per heavy atom. The number of hydrogen-bond acceptors (Lipinski definition) is 3. The predicted octanol–water partition coefficient (Wildman–Crippen LogP) is 8.54. The average molecular weight is 519 g/mol. The zero-order valence-corrected chi connectivity index (χ0v) is 23.3. The topological polar surface area (TPSA) is 42.3 Å². The molecular formula is C35H40N3O+. The minimum atomic E-state index is -0.0360. The van der Waals surface area contributed by atoms with Crippen LogP contribution in [0.5, 0.6) is 0 Å². The Bertz CT molecular complexity index is 1480. The highest BCUT2D eigenvalue weighted by molar-refractivity contribution is 5.89. The van der Waals surface area contributed by atoms with Crippen LogP contribution >= 0.6 is 0 Å². The molecule has 2 unspecified atom stereocenters. The SMILES string of the molecule is C=CC(=C)C1CC/C(C=C)=C(/c2oc3ncccc3c2C)c2cc(C3CCCCC3)cc[n+]2C(=C)CC1N=C. The average Bonchev–Trinajstić information content (AvgIpc) is 3.31. The fourth-order valence-electron chi connectivity index (χ4n) is 6.48. The third-order valence-electron chi connectivity index (χ3n) is 8.77. The first kappa shape index (κ1) is 26.8. The van der Waals surface area contributed by atoms with Crippen molar-refractivity contribution in [1.82, 2.24) is 4.98 Å². The van der Waals surface area contributed by atoms with Crippen LogP contribution in [0.4, 0.5) is 0 Å². The second kappa shape index (κ2) is 11.5. The number of fused-ring (bicyclic) bond motifs is 2. The number of aryl methyl sites for hydroxylation is 1. The molecule has 0 saturated heterocycles. The van der Waals surface area contributed by atoms with Crippen LogP contribution in [0, 0.1) is 12.8 Å². The van der Waals surface area contributed by atoms with Crippen LogP contribution in [0.2, 0.25) is 0 Å². The van der Waals surface area contributed by atoms with Crippen LogP contribution in [0.3, 0.4) is 0 Å². The number of aliphatic imine (C=N–C) groups is 1. The van der Waals surface area contributed by atoms with Crippen molar-refractivity contribution < 1.29 is 8.98 Å². The molecule has 5 rings (SSSR count). The summed E-state index contributed by atoms with van der Waals surface area (Å²) in [7, 11) is 0. The van der Waals surface area contributed by atoms with Gasteiger partial charge in [-0.2, -0.15) is 4.57 Å². The van der Waals surface area contributed by atoms with Gasteiger partial charge >= 0.3 is 0 Å². The van der Waals surface area contributed by atoms with E-state index in [0.717, 1.165) is 57.7 Å². The van der Waals surface area contributed by atoms with Crippen molar-refractivity contribution in [2.75, 3.05) is 0 Å². The smallest absolute Gasteiger partial charge is 0.226 e. The maximum atomic E-state index is 6.53. The lowest BCUT2D eigenvalue weighted by atomic mass is 9.81. The van der Waals surface area contributed by atoms with E-state index in [4.69, 9.17) is 4.42 Å². The lowest BCUT2D eigenvalue weighted by molar-refractivity contribution is -0.586. The predicted molar refractivity (Wildman–Crippen MR) is 163 cm³/mol. The number of hydrogen-bond donors (Lipinski definition) is 0. The molecule has 2 atom stereocenters. The van der Waals surface area contributed by atoms with E-state index in [1.54, 1.807) is 6.20 Å². The van der Waals surface area contributed by atoms with E-state index >= 15 is 0 Å². The summed E-state index contributed by atoms with van der Waals surface area (Å²) in [5.41, 5.74) is 8.35. The van der Waals surface area contributed by atoms with Gasteiger partial charge in [0.05, 0.1) is 18.0 Å². The van der Waals surface area contributed by atoms with Crippen molar-refractivity contribution in [2.24, 2.45) is 10.9 Å². The van der Waals surface area contributed by atoms with Gasteiger partial charge in [-0.05, 0) is 75.1 Å². The van der Waals surface area contributed by atoms with Crippen LogP contribution < -0.4 is 4.57 Å². The molecule has 0 spiro atoms. The van der Waals surface area contributed by atoms with Gasteiger partial charge in [-0.15, -0.1) is 0 Å². The van der Waals surface area contributed by atoms with E-state index in [2.05, 4.69) is 78.9 Å². The number of pyridine rings is 2. The molecule has 4 nitrogen and oxygen atoms in total. The molecule has 0 bridgehead atoms. The standard InChI is InChI=1S/C35H40N3O/c1-7-23(3)29-17-16-26(8-2)33(34-25(5)30-15-12-19-37-35(30)39-34)32-22-28(27-13-10-9-11-14-27)18-20-38(32)24(4)21-31(29)36-6/h7-8,12,15,18-20,22,27,29,31H,1-4,6,9-11,13-14,16-17,21H2,5H3/q+1/b33-26+. The summed E-state index contributed by atoms with van der Waals surface area (Å²) in [4.78, 5) is 9.09. The largest absolute Gasteiger partial charge is 0.437 e. The quantitative estimate of drug-likeness (QED) is 0.186. The van der Waals surface area contributed by atoms with Crippen molar-refractivity contribution in [3.05, 3.63) is 109 Å². The highest BCUT2D eigenvalue weighted by Crippen LogP contribution is 2.40. The first-order valence-electron chi connectivity index (χ1n) is 14.2. The van der Waals surface area contributed by atoms with Gasteiger partial charge in [-0.25, -0.2) is 4.98 Å². The Kier molecular flexibility index (Phi) is 7.92. The third kappa shape index (κ3) is 5.13. The molecule has 200 valence electrons. The van der Waals surface area contributed by atoms with Gasteiger partial charge < -0.3 is 4.42 Å². The summed E-state index contributed by atoms with van der Waals surface area (Å²) >= 11 is 0. The van der Waals surface area contributed by atoms with Crippen molar-refractivity contribution in [3.8, 4) is 0 Å². The summed E-state index contributed by atoms with van der Waals surface area (Å²) in [6, 6.07) is 8.66. The lowest BCUT2D eigenvalue weighted by Gasteiger charge is -2.27. The zero-order chi connectivity index (χ0) is 27.5. The van der Waals surface area contributed by atoms with E-state index < -0.39 is 0 Å². The molecule has 4 heteroatoms. The fraction of sp³-hybridized carbons (Fsp3) is 0.343. The summed E-state index contributed by atoms with van der Waals surface area (Å²) in [6.07, 6.45) is 16.5. The van der Waals surface area contributed by atoms with Crippen LogP contribution in [0.1, 0.15) is 79.9 Å². The molecule has 1 fully saturated rings. The van der Waals surface area contributed by atoms with Gasteiger partial charge in [-0.1, -0.05) is 56.7 Å². The van der Waals surface area contributed by atoms with E-state index in [0.29, 0.717) is 18.1 Å². The molecule has 0 aromatic carbocycles. The molecule has 1 aliphatic carbocycles. The number of allylic oxidation sites excluding steroid dienone is 3. The maximum absolute atomic E-state index is 6.53. The summed E-state index contributed by atoms with van der Waals surface area (Å²) in [6.45, 7) is 23.2. The number of furan rings is 1. The Labute approximate surface area is 232 Å². The third-order valence-corrected chi connectivity index (χ3v) is 8.77. The number of nitrogens with zero attached hydrogens (tertiary/aromatic N) is 3. The van der Waals surface area contributed by atoms with Crippen LogP contribution in [0.15, 0.2) is 95.7 Å². The first-order chi connectivity index (χ1) is 19.0. The summed E-state index contributed by atoms with van der Waals surface area (Å²) < 4.78 is 8.76. The maximum Gasteiger partial charge on any atom is 0.226 e. The molecule has 0 amide bonds. The Morgan fingerprint density at radius 1 is 1.15 bits per heavy atom. The first-order valence-corrected chi connectivity index (χ1v) is 14.2. The second-order valence-electron chi connectivity index (χ2n) is 11.0. The van der Waals surface area contributed by atoms with Gasteiger partial charge in [0.2, 0.25) is 11.4 Å². The fourth-order valence-corrected chi connectivity index (χ4v) is 6.48. The minimum absolute atomic E-state index is 0.0360. The molecule has 3 aromatic rings. The summed E-state index contributed by atoms with van der Waals surface area (Å²) in [5, 5.41) is 1.03. The van der Waals surface area contributed by atoms with Crippen LogP contribution in [-0.4, -0.2) is 17.7 Å². The molecule has 4 heterocycles. The lowest BCUT2D eigenvalue weighted by Crippen LogP contribution is -2.39. The van der Waals surface area contributed by atoms with Crippen LogP contribution in [0.25, 0.3) is 22.4 Å². The molecule has 1 saturated carbocycles.